The van der Waals surface area contributed by atoms with Gasteiger partial charge in [0.25, 0.3) is 0 Å². The fourth-order valence-corrected chi connectivity index (χ4v) is 3.30. The Kier molecular flexibility index (Phi) is 5.34. The molecule has 7 heteroatoms. The van der Waals surface area contributed by atoms with Gasteiger partial charge in [-0.05, 0) is 24.6 Å². The summed E-state index contributed by atoms with van der Waals surface area (Å²) in [5.74, 6) is 0.602. The minimum absolute atomic E-state index is 0.602. The van der Waals surface area contributed by atoms with Crippen LogP contribution in [-0.4, -0.2) is 58.9 Å². The molecular formula is C19H21ClN4O2. The SMILES string of the molecule is Clc1ccc2c(-n3ccnc3)cc(OCCCN3CCOCC3)nc2c1. The maximum Gasteiger partial charge on any atom is 0.215 e. The normalized spacial score (nSPS) is 15.4. The predicted molar refractivity (Wildman–Crippen MR) is 101 cm³/mol. The molecule has 0 unspecified atom stereocenters. The summed E-state index contributed by atoms with van der Waals surface area (Å²) >= 11 is 6.15. The third-order valence-electron chi connectivity index (χ3n) is 4.48. The van der Waals surface area contributed by atoms with Crippen LogP contribution in [0, 0.1) is 0 Å². The third-order valence-corrected chi connectivity index (χ3v) is 4.72. The molecule has 1 aliphatic heterocycles. The Bertz CT molecular complexity index is 863. The van der Waals surface area contributed by atoms with E-state index in [1.165, 1.54) is 0 Å². The Hall–Kier alpha value is -2.15. The molecule has 0 bridgehead atoms. The molecular weight excluding hydrogens is 352 g/mol. The summed E-state index contributed by atoms with van der Waals surface area (Å²) in [6.45, 7) is 5.27. The van der Waals surface area contributed by atoms with E-state index in [2.05, 4.69) is 14.9 Å². The van der Waals surface area contributed by atoms with E-state index in [1.54, 1.807) is 12.5 Å². The molecule has 0 atom stereocenters. The summed E-state index contributed by atoms with van der Waals surface area (Å²) in [5, 5.41) is 1.67. The Morgan fingerprint density at radius 1 is 1.19 bits per heavy atom. The molecule has 1 saturated heterocycles. The number of nitrogens with zero attached hydrogens (tertiary/aromatic N) is 4. The maximum atomic E-state index is 6.15. The van der Waals surface area contributed by atoms with Gasteiger partial charge in [0.15, 0.2) is 0 Å². The average molecular weight is 373 g/mol. The lowest BCUT2D eigenvalue weighted by atomic mass is 10.2. The molecule has 0 spiro atoms. The number of ether oxygens (including phenoxy) is 2. The molecule has 0 amide bonds. The van der Waals surface area contributed by atoms with Crippen molar-refractivity contribution in [3.8, 4) is 11.6 Å². The summed E-state index contributed by atoms with van der Waals surface area (Å²) in [7, 11) is 0. The van der Waals surface area contributed by atoms with Gasteiger partial charge < -0.3 is 14.0 Å². The van der Waals surface area contributed by atoms with Crippen molar-refractivity contribution in [2.24, 2.45) is 0 Å². The first-order valence-corrected chi connectivity index (χ1v) is 9.19. The van der Waals surface area contributed by atoms with Crippen molar-refractivity contribution in [2.45, 2.75) is 6.42 Å². The standard InChI is InChI=1S/C19H21ClN4O2/c20-15-2-3-16-17(12-15)22-19(13-18(16)24-6-4-21-14-24)26-9-1-5-23-7-10-25-11-8-23/h2-4,6,12-14H,1,5,7-11H2. The predicted octanol–water partition coefficient (Wildman–Crippen LogP) is 3.18. The van der Waals surface area contributed by atoms with Gasteiger partial charge in [0, 0.05) is 48.5 Å². The van der Waals surface area contributed by atoms with Gasteiger partial charge in [0.1, 0.15) is 0 Å². The lowest BCUT2D eigenvalue weighted by Crippen LogP contribution is -2.37. The number of morpholine rings is 1. The third kappa shape index (κ3) is 3.98. The smallest absolute Gasteiger partial charge is 0.215 e. The van der Waals surface area contributed by atoms with Crippen molar-refractivity contribution in [2.75, 3.05) is 39.5 Å². The zero-order chi connectivity index (χ0) is 17.8. The minimum atomic E-state index is 0.602. The van der Waals surface area contributed by atoms with E-state index in [0.717, 1.165) is 55.9 Å². The van der Waals surface area contributed by atoms with Crippen LogP contribution in [-0.2, 0) is 4.74 Å². The quantitative estimate of drug-likeness (QED) is 0.622. The molecule has 2 aromatic heterocycles. The molecule has 3 heterocycles. The van der Waals surface area contributed by atoms with Gasteiger partial charge >= 0.3 is 0 Å². The van der Waals surface area contributed by atoms with Crippen LogP contribution in [0.4, 0.5) is 0 Å². The molecule has 136 valence electrons. The van der Waals surface area contributed by atoms with Crippen LogP contribution in [0.3, 0.4) is 0 Å². The lowest BCUT2D eigenvalue weighted by Gasteiger charge is -2.26. The molecule has 0 radical (unpaired) electrons. The van der Waals surface area contributed by atoms with E-state index >= 15 is 0 Å². The Morgan fingerprint density at radius 3 is 2.88 bits per heavy atom. The van der Waals surface area contributed by atoms with Crippen molar-refractivity contribution in [3.63, 3.8) is 0 Å². The maximum absolute atomic E-state index is 6.15. The highest BCUT2D eigenvalue weighted by Crippen LogP contribution is 2.27. The van der Waals surface area contributed by atoms with Crippen LogP contribution in [0.2, 0.25) is 5.02 Å². The monoisotopic (exact) mass is 372 g/mol. The second-order valence-corrected chi connectivity index (χ2v) is 6.70. The number of pyridine rings is 1. The fraction of sp³-hybridized carbons (Fsp3) is 0.368. The number of hydrogen-bond acceptors (Lipinski definition) is 5. The Labute approximate surface area is 157 Å². The first-order valence-electron chi connectivity index (χ1n) is 8.81. The average Bonchev–Trinajstić information content (AvgIpc) is 3.20. The zero-order valence-electron chi connectivity index (χ0n) is 14.5. The second kappa shape index (κ2) is 8.03. The highest BCUT2D eigenvalue weighted by molar-refractivity contribution is 6.31. The summed E-state index contributed by atoms with van der Waals surface area (Å²) < 4.78 is 13.3. The number of rotatable bonds is 6. The van der Waals surface area contributed by atoms with Crippen LogP contribution < -0.4 is 4.74 Å². The number of aromatic nitrogens is 3. The fourth-order valence-electron chi connectivity index (χ4n) is 3.14. The van der Waals surface area contributed by atoms with Gasteiger partial charge in [-0.3, -0.25) is 4.90 Å². The summed E-state index contributed by atoms with van der Waals surface area (Å²) in [4.78, 5) is 11.2. The van der Waals surface area contributed by atoms with E-state index in [-0.39, 0.29) is 0 Å². The summed E-state index contributed by atoms with van der Waals surface area (Å²) in [5.41, 5.74) is 1.79. The number of fused-ring (bicyclic) bond motifs is 1. The molecule has 1 aliphatic rings. The first-order chi connectivity index (χ1) is 12.8. The van der Waals surface area contributed by atoms with Gasteiger partial charge in [-0.15, -0.1) is 0 Å². The molecule has 1 aromatic carbocycles. The number of imidazole rings is 1. The summed E-state index contributed by atoms with van der Waals surface area (Å²) in [6.07, 6.45) is 6.39. The van der Waals surface area contributed by atoms with Gasteiger partial charge in [-0.1, -0.05) is 11.6 Å². The number of halogens is 1. The van der Waals surface area contributed by atoms with Crippen molar-refractivity contribution in [1.29, 1.82) is 0 Å². The number of benzene rings is 1. The zero-order valence-corrected chi connectivity index (χ0v) is 15.2. The molecule has 4 rings (SSSR count). The topological polar surface area (TPSA) is 52.4 Å². The largest absolute Gasteiger partial charge is 0.478 e. The van der Waals surface area contributed by atoms with Crippen LogP contribution in [0.25, 0.3) is 16.6 Å². The van der Waals surface area contributed by atoms with Crippen molar-refractivity contribution in [1.82, 2.24) is 19.4 Å². The Morgan fingerprint density at radius 2 is 2.08 bits per heavy atom. The van der Waals surface area contributed by atoms with Gasteiger partial charge in [-0.2, -0.15) is 0 Å². The van der Waals surface area contributed by atoms with E-state index in [1.807, 2.05) is 35.0 Å². The van der Waals surface area contributed by atoms with Crippen molar-refractivity contribution < 1.29 is 9.47 Å². The van der Waals surface area contributed by atoms with Gasteiger partial charge in [0.2, 0.25) is 5.88 Å². The molecule has 3 aromatic rings. The second-order valence-electron chi connectivity index (χ2n) is 6.27. The first kappa shape index (κ1) is 17.3. The lowest BCUT2D eigenvalue weighted by molar-refractivity contribution is 0.0357. The van der Waals surface area contributed by atoms with E-state index in [9.17, 15) is 0 Å². The number of hydrogen-bond donors (Lipinski definition) is 0. The molecule has 6 nitrogen and oxygen atoms in total. The van der Waals surface area contributed by atoms with Crippen LogP contribution >= 0.6 is 11.6 Å². The highest BCUT2D eigenvalue weighted by Gasteiger charge is 2.11. The minimum Gasteiger partial charge on any atom is -0.478 e. The summed E-state index contributed by atoms with van der Waals surface area (Å²) in [6, 6.07) is 7.65. The van der Waals surface area contributed by atoms with Gasteiger partial charge in [0.05, 0.1) is 37.4 Å². The van der Waals surface area contributed by atoms with Crippen molar-refractivity contribution in [3.05, 3.63) is 48.0 Å². The molecule has 0 aliphatic carbocycles. The van der Waals surface area contributed by atoms with E-state index < -0.39 is 0 Å². The van der Waals surface area contributed by atoms with Crippen LogP contribution in [0.15, 0.2) is 43.0 Å². The highest BCUT2D eigenvalue weighted by atomic mass is 35.5. The van der Waals surface area contributed by atoms with Gasteiger partial charge in [-0.25, -0.2) is 9.97 Å². The van der Waals surface area contributed by atoms with Crippen LogP contribution in [0.5, 0.6) is 5.88 Å². The molecule has 0 N–H and O–H groups in total. The molecule has 1 fully saturated rings. The molecule has 0 saturated carbocycles. The Balaban J connectivity index is 1.49. The van der Waals surface area contributed by atoms with Crippen LogP contribution in [0.1, 0.15) is 6.42 Å². The van der Waals surface area contributed by atoms with E-state index in [4.69, 9.17) is 21.1 Å². The van der Waals surface area contributed by atoms with Crippen molar-refractivity contribution >= 4 is 22.5 Å². The molecule has 26 heavy (non-hydrogen) atoms. The van der Waals surface area contributed by atoms with E-state index in [0.29, 0.717) is 17.5 Å².